The number of carbonyl (C=O) groups is 1. The van der Waals surface area contributed by atoms with Crippen molar-refractivity contribution in [2.45, 2.75) is 39.2 Å². The molecule has 1 aliphatic carbocycles. The van der Waals surface area contributed by atoms with Gasteiger partial charge in [-0.3, -0.25) is 9.78 Å². The zero-order chi connectivity index (χ0) is 13.0. The van der Waals surface area contributed by atoms with Gasteiger partial charge in [0, 0.05) is 17.7 Å². The van der Waals surface area contributed by atoms with Gasteiger partial charge in [-0.2, -0.15) is 0 Å². The van der Waals surface area contributed by atoms with E-state index in [4.69, 9.17) is 0 Å². The van der Waals surface area contributed by atoms with Crippen molar-refractivity contribution in [1.82, 2.24) is 4.98 Å². The molecule has 1 aromatic rings. The van der Waals surface area contributed by atoms with Crippen LogP contribution in [0.5, 0.6) is 0 Å². The maximum atomic E-state index is 12.1. The van der Waals surface area contributed by atoms with Crippen molar-refractivity contribution in [2.75, 3.05) is 5.32 Å². The van der Waals surface area contributed by atoms with E-state index < -0.39 is 0 Å². The second-order valence-corrected chi connectivity index (χ2v) is 5.14. The van der Waals surface area contributed by atoms with Crippen molar-refractivity contribution < 1.29 is 9.90 Å². The molecule has 18 heavy (non-hydrogen) atoms. The van der Waals surface area contributed by atoms with E-state index in [9.17, 15) is 9.90 Å². The summed E-state index contributed by atoms with van der Waals surface area (Å²) < 4.78 is 0. The molecule has 0 saturated heterocycles. The maximum Gasteiger partial charge on any atom is 0.227 e. The fourth-order valence-electron chi connectivity index (χ4n) is 2.43. The van der Waals surface area contributed by atoms with E-state index in [-0.39, 0.29) is 18.4 Å². The lowest BCUT2D eigenvalue weighted by atomic mass is 9.82. The largest absolute Gasteiger partial charge is 0.392 e. The number of pyridine rings is 1. The van der Waals surface area contributed by atoms with E-state index in [2.05, 4.69) is 17.2 Å². The normalized spacial score (nSPS) is 23.7. The zero-order valence-electron chi connectivity index (χ0n) is 10.7. The molecule has 0 atom stereocenters. The van der Waals surface area contributed by atoms with Gasteiger partial charge < -0.3 is 10.4 Å². The Labute approximate surface area is 107 Å². The third-order valence-electron chi connectivity index (χ3n) is 3.73. The highest BCUT2D eigenvalue weighted by atomic mass is 16.3. The van der Waals surface area contributed by atoms with Crippen LogP contribution in [0, 0.1) is 11.8 Å². The average Bonchev–Trinajstić information content (AvgIpc) is 2.40. The van der Waals surface area contributed by atoms with E-state index in [1.807, 2.05) is 0 Å². The molecular weight excluding hydrogens is 228 g/mol. The predicted molar refractivity (Wildman–Crippen MR) is 69.9 cm³/mol. The summed E-state index contributed by atoms with van der Waals surface area (Å²) in [6.45, 7) is 2.15. The lowest BCUT2D eigenvalue weighted by molar-refractivity contribution is -0.121. The number of hydrogen-bond donors (Lipinski definition) is 2. The number of nitrogens with one attached hydrogen (secondary N) is 1. The first kappa shape index (κ1) is 13.0. The van der Waals surface area contributed by atoms with Crippen LogP contribution < -0.4 is 5.32 Å². The van der Waals surface area contributed by atoms with Gasteiger partial charge in [0.1, 0.15) is 0 Å². The van der Waals surface area contributed by atoms with Gasteiger partial charge in [-0.25, -0.2) is 0 Å². The average molecular weight is 248 g/mol. The summed E-state index contributed by atoms with van der Waals surface area (Å²) in [6.07, 6.45) is 7.37. The molecule has 1 aromatic heterocycles. The van der Waals surface area contributed by atoms with Crippen LogP contribution in [-0.4, -0.2) is 16.0 Å². The maximum absolute atomic E-state index is 12.1. The smallest absolute Gasteiger partial charge is 0.227 e. The third-order valence-corrected chi connectivity index (χ3v) is 3.73. The number of anilines is 1. The standard InChI is InChI=1S/C14H20N2O2/c1-10-2-4-11(5-3-10)14(18)16-13-8-15-7-6-12(13)9-17/h6-8,10-11,17H,2-5,9H2,1H3,(H,16,18). The minimum atomic E-state index is -0.0835. The van der Waals surface area contributed by atoms with E-state index in [1.54, 1.807) is 18.5 Å². The Morgan fingerprint density at radius 1 is 1.44 bits per heavy atom. The van der Waals surface area contributed by atoms with E-state index in [0.29, 0.717) is 11.3 Å². The molecule has 1 aliphatic rings. The summed E-state index contributed by atoms with van der Waals surface area (Å²) in [6, 6.07) is 1.72. The molecule has 4 heteroatoms. The highest BCUT2D eigenvalue weighted by Crippen LogP contribution is 2.29. The second kappa shape index (κ2) is 5.96. The number of hydrogen-bond acceptors (Lipinski definition) is 3. The number of aliphatic hydroxyl groups excluding tert-OH is 1. The molecule has 0 unspecified atom stereocenters. The monoisotopic (exact) mass is 248 g/mol. The Bertz CT molecular complexity index is 412. The van der Waals surface area contributed by atoms with Crippen LogP contribution in [0.25, 0.3) is 0 Å². The first-order chi connectivity index (χ1) is 8.70. The Kier molecular flexibility index (Phi) is 4.31. The molecule has 1 fully saturated rings. The van der Waals surface area contributed by atoms with Gasteiger partial charge in [-0.15, -0.1) is 0 Å². The van der Waals surface area contributed by atoms with Crippen LogP contribution in [0.4, 0.5) is 5.69 Å². The molecule has 1 saturated carbocycles. The number of rotatable bonds is 3. The van der Waals surface area contributed by atoms with Gasteiger partial charge in [0.15, 0.2) is 0 Å². The molecule has 0 radical (unpaired) electrons. The molecule has 1 amide bonds. The number of amides is 1. The molecule has 2 rings (SSSR count). The van der Waals surface area contributed by atoms with Crippen LogP contribution in [0.15, 0.2) is 18.5 Å². The zero-order valence-corrected chi connectivity index (χ0v) is 10.7. The first-order valence-electron chi connectivity index (χ1n) is 6.55. The van der Waals surface area contributed by atoms with Gasteiger partial charge >= 0.3 is 0 Å². The number of aromatic nitrogens is 1. The summed E-state index contributed by atoms with van der Waals surface area (Å²) in [5.74, 6) is 0.901. The van der Waals surface area contributed by atoms with Gasteiger partial charge in [0.2, 0.25) is 5.91 Å². The molecule has 2 N–H and O–H groups in total. The molecular formula is C14H20N2O2. The number of carbonyl (C=O) groups excluding carboxylic acids is 1. The van der Waals surface area contributed by atoms with E-state index in [1.165, 1.54) is 0 Å². The second-order valence-electron chi connectivity index (χ2n) is 5.14. The summed E-state index contributed by atoms with van der Waals surface area (Å²) in [4.78, 5) is 16.1. The van der Waals surface area contributed by atoms with Crippen LogP contribution >= 0.6 is 0 Å². The predicted octanol–water partition coefficient (Wildman–Crippen LogP) is 2.34. The summed E-state index contributed by atoms with van der Waals surface area (Å²) in [7, 11) is 0. The minimum Gasteiger partial charge on any atom is -0.392 e. The Morgan fingerprint density at radius 3 is 2.83 bits per heavy atom. The third kappa shape index (κ3) is 3.07. The van der Waals surface area contributed by atoms with Crippen molar-refractivity contribution in [3.8, 4) is 0 Å². The number of aliphatic hydroxyl groups is 1. The highest BCUT2D eigenvalue weighted by molar-refractivity contribution is 5.93. The van der Waals surface area contributed by atoms with E-state index >= 15 is 0 Å². The molecule has 0 spiro atoms. The van der Waals surface area contributed by atoms with E-state index in [0.717, 1.165) is 31.6 Å². The van der Waals surface area contributed by atoms with Crippen molar-refractivity contribution in [1.29, 1.82) is 0 Å². The molecule has 4 nitrogen and oxygen atoms in total. The quantitative estimate of drug-likeness (QED) is 0.863. The summed E-state index contributed by atoms with van der Waals surface area (Å²) in [5, 5.41) is 12.1. The van der Waals surface area contributed by atoms with Gasteiger partial charge in [-0.1, -0.05) is 6.92 Å². The SMILES string of the molecule is CC1CCC(C(=O)Nc2cnccc2CO)CC1. The van der Waals surface area contributed by atoms with Crippen molar-refractivity contribution in [3.05, 3.63) is 24.0 Å². The topological polar surface area (TPSA) is 62.2 Å². The molecule has 1 heterocycles. The summed E-state index contributed by atoms with van der Waals surface area (Å²) in [5.41, 5.74) is 1.34. The Hall–Kier alpha value is -1.42. The van der Waals surface area contributed by atoms with Gasteiger partial charge in [-0.05, 0) is 37.7 Å². The van der Waals surface area contributed by atoms with Crippen LogP contribution in [0.2, 0.25) is 0 Å². The van der Waals surface area contributed by atoms with Gasteiger partial charge in [0.25, 0.3) is 0 Å². The fourth-order valence-corrected chi connectivity index (χ4v) is 2.43. The first-order valence-corrected chi connectivity index (χ1v) is 6.55. The molecule has 98 valence electrons. The summed E-state index contributed by atoms with van der Waals surface area (Å²) >= 11 is 0. The van der Waals surface area contributed by atoms with Crippen molar-refractivity contribution in [2.24, 2.45) is 11.8 Å². The molecule has 0 aromatic carbocycles. The highest BCUT2D eigenvalue weighted by Gasteiger charge is 2.24. The lowest BCUT2D eigenvalue weighted by Gasteiger charge is -2.25. The molecule has 0 aliphatic heterocycles. The Morgan fingerprint density at radius 2 is 2.17 bits per heavy atom. The van der Waals surface area contributed by atoms with Crippen LogP contribution in [0.3, 0.4) is 0 Å². The fraction of sp³-hybridized carbons (Fsp3) is 0.571. The minimum absolute atomic E-state index is 0.0598. The lowest BCUT2D eigenvalue weighted by Crippen LogP contribution is -2.27. The van der Waals surface area contributed by atoms with Crippen LogP contribution in [0.1, 0.15) is 38.2 Å². The van der Waals surface area contributed by atoms with Crippen LogP contribution in [-0.2, 0) is 11.4 Å². The van der Waals surface area contributed by atoms with Gasteiger partial charge in [0.05, 0.1) is 18.5 Å². The molecule has 0 bridgehead atoms. The van der Waals surface area contributed by atoms with Crippen molar-refractivity contribution >= 4 is 11.6 Å². The Balaban J connectivity index is 1.98. The van der Waals surface area contributed by atoms with Crippen molar-refractivity contribution in [3.63, 3.8) is 0 Å². The number of nitrogens with zero attached hydrogens (tertiary/aromatic N) is 1.